The van der Waals surface area contributed by atoms with Crippen molar-refractivity contribution in [1.29, 1.82) is 0 Å². The minimum atomic E-state index is -3.81. The Labute approximate surface area is 157 Å². The number of esters is 1. The Bertz CT molecular complexity index is 908. The molecule has 8 nitrogen and oxygen atoms in total. The van der Waals surface area contributed by atoms with Crippen molar-refractivity contribution in [1.82, 2.24) is 0 Å². The highest BCUT2D eigenvalue weighted by Crippen LogP contribution is 2.15. The molecular formula is C18H20N2O6S. The zero-order chi connectivity index (χ0) is 20.0. The van der Waals surface area contributed by atoms with Crippen molar-refractivity contribution in [3.8, 4) is 5.75 Å². The van der Waals surface area contributed by atoms with Crippen LogP contribution in [-0.2, 0) is 19.6 Å². The third kappa shape index (κ3) is 5.80. The quantitative estimate of drug-likeness (QED) is 0.694. The topological polar surface area (TPSA) is 125 Å². The molecule has 144 valence electrons. The summed E-state index contributed by atoms with van der Waals surface area (Å²) in [6.45, 7) is 3.80. The fraction of sp³-hybridized carbons (Fsp3) is 0.222. The number of carbonyl (C=O) groups is 2. The van der Waals surface area contributed by atoms with Gasteiger partial charge in [0.05, 0.1) is 17.1 Å². The van der Waals surface area contributed by atoms with E-state index in [-0.39, 0.29) is 10.5 Å². The number of nitrogens with two attached hydrogens (primary N) is 1. The average Bonchev–Trinajstić information content (AvgIpc) is 2.62. The van der Waals surface area contributed by atoms with Crippen molar-refractivity contribution in [3.63, 3.8) is 0 Å². The predicted molar refractivity (Wildman–Crippen MR) is 98.9 cm³/mol. The number of benzene rings is 2. The van der Waals surface area contributed by atoms with Crippen LogP contribution in [0.15, 0.2) is 53.4 Å². The Balaban J connectivity index is 1.95. The first-order valence-corrected chi connectivity index (χ1v) is 9.63. The molecule has 2 aromatic carbocycles. The normalized spacial score (nSPS) is 12.1. The van der Waals surface area contributed by atoms with Gasteiger partial charge in [-0.2, -0.15) is 0 Å². The molecule has 9 heteroatoms. The molecule has 0 spiro atoms. The Morgan fingerprint density at radius 1 is 1.07 bits per heavy atom. The van der Waals surface area contributed by atoms with Crippen LogP contribution in [0.3, 0.4) is 0 Å². The van der Waals surface area contributed by atoms with E-state index in [9.17, 15) is 18.0 Å². The van der Waals surface area contributed by atoms with E-state index in [1.54, 1.807) is 24.3 Å². The molecule has 0 saturated carbocycles. The van der Waals surface area contributed by atoms with Crippen molar-refractivity contribution in [2.45, 2.75) is 24.8 Å². The summed E-state index contributed by atoms with van der Waals surface area (Å²) >= 11 is 0. The largest absolute Gasteiger partial charge is 0.494 e. The Kier molecular flexibility index (Phi) is 6.54. The van der Waals surface area contributed by atoms with Crippen LogP contribution in [-0.4, -0.2) is 33.0 Å². The summed E-state index contributed by atoms with van der Waals surface area (Å²) in [6, 6.07) is 11.7. The summed E-state index contributed by atoms with van der Waals surface area (Å²) < 4.78 is 32.9. The molecule has 0 aliphatic heterocycles. The number of rotatable bonds is 7. The molecule has 0 aliphatic rings. The number of ether oxygens (including phenoxy) is 2. The SMILES string of the molecule is CCOc1ccc(C(=O)O[C@H](C)C(=O)Nc2ccc(S(N)(=O)=O)cc2)cc1. The van der Waals surface area contributed by atoms with Crippen LogP contribution in [0.4, 0.5) is 5.69 Å². The van der Waals surface area contributed by atoms with Crippen LogP contribution in [0.25, 0.3) is 0 Å². The molecule has 1 amide bonds. The highest BCUT2D eigenvalue weighted by molar-refractivity contribution is 7.89. The van der Waals surface area contributed by atoms with Gasteiger partial charge in [-0.3, -0.25) is 4.79 Å². The summed E-state index contributed by atoms with van der Waals surface area (Å²) in [5.41, 5.74) is 0.631. The van der Waals surface area contributed by atoms with Gasteiger partial charge in [0.2, 0.25) is 10.0 Å². The first kappa shape index (κ1) is 20.4. The molecule has 1 atom stereocenters. The van der Waals surface area contributed by atoms with Crippen LogP contribution in [0.5, 0.6) is 5.75 Å². The van der Waals surface area contributed by atoms with Crippen molar-refractivity contribution < 1.29 is 27.5 Å². The van der Waals surface area contributed by atoms with Gasteiger partial charge in [-0.25, -0.2) is 18.4 Å². The van der Waals surface area contributed by atoms with Crippen LogP contribution in [0, 0.1) is 0 Å². The lowest BCUT2D eigenvalue weighted by atomic mass is 10.2. The van der Waals surface area contributed by atoms with E-state index in [4.69, 9.17) is 14.6 Å². The van der Waals surface area contributed by atoms with E-state index in [1.807, 2.05) is 6.92 Å². The second kappa shape index (κ2) is 8.65. The lowest BCUT2D eigenvalue weighted by Crippen LogP contribution is -2.30. The van der Waals surface area contributed by atoms with E-state index >= 15 is 0 Å². The second-order valence-corrected chi connectivity index (χ2v) is 7.12. The number of carbonyl (C=O) groups excluding carboxylic acids is 2. The van der Waals surface area contributed by atoms with Gasteiger partial charge in [-0.15, -0.1) is 0 Å². The van der Waals surface area contributed by atoms with Crippen LogP contribution in [0.1, 0.15) is 24.2 Å². The molecule has 3 N–H and O–H groups in total. The maximum atomic E-state index is 12.1. The van der Waals surface area contributed by atoms with Gasteiger partial charge in [-0.1, -0.05) is 0 Å². The summed E-state index contributed by atoms with van der Waals surface area (Å²) in [5.74, 6) is -0.578. The molecule has 0 fully saturated rings. The number of amides is 1. The van der Waals surface area contributed by atoms with Crippen molar-refractivity contribution in [2.75, 3.05) is 11.9 Å². The first-order valence-electron chi connectivity index (χ1n) is 8.08. The third-order valence-corrected chi connectivity index (χ3v) is 4.43. The molecule has 0 radical (unpaired) electrons. The zero-order valence-corrected chi connectivity index (χ0v) is 15.7. The summed E-state index contributed by atoms with van der Waals surface area (Å²) in [7, 11) is -3.81. The number of nitrogens with one attached hydrogen (secondary N) is 1. The molecule has 0 bridgehead atoms. The predicted octanol–water partition coefficient (Wildman–Crippen LogP) is 1.92. The Morgan fingerprint density at radius 3 is 2.19 bits per heavy atom. The van der Waals surface area contributed by atoms with Gasteiger partial charge in [0.15, 0.2) is 6.10 Å². The summed E-state index contributed by atoms with van der Waals surface area (Å²) in [6.07, 6.45) is -1.05. The van der Waals surface area contributed by atoms with Gasteiger partial charge < -0.3 is 14.8 Å². The molecule has 0 saturated heterocycles. The first-order chi connectivity index (χ1) is 12.7. The van der Waals surface area contributed by atoms with E-state index in [0.29, 0.717) is 18.0 Å². The minimum absolute atomic E-state index is 0.0736. The smallest absolute Gasteiger partial charge is 0.338 e. The van der Waals surface area contributed by atoms with Crippen LogP contribution in [0.2, 0.25) is 0 Å². The third-order valence-electron chi connectivity index (χ3n) is 3.50. The molecule has 2 aromatic rings. The zero-order valence-electron chi connectivity index (χ0n) is 14.8. The number of hydrogen-bond donors (Lipinski definition) is 2. The van der Waals surface area contributed by atoms with Gasteiger partial charge in [0.1, 0.15) is 5.75 Å². The second-order valence-electron chi connectivity index (χ2n) is 5.56. The van der Waals surface area contributed by atoms with E-state index in [1.165, 1.54) is 31.2 Å². The number of hydrogen-bond acceptors (Lipinski definition) is 6. The Morgan fingerprint density at radius 2 is 1.67 bits per heavy atom. The van der Waals surface area contributed by atoms with E-state index in [0.717, 1.165) is 0 Å². The summed E-state index contributed by atoms with van der Waals surface area (Å²) in [5, 5.41) is 7.54. The lowest BCUT2D eigenvalue weighted by molar-refractivity contribution is -0.123. The fourth-order valence-corrected chi connectivity index (χ4v) is 2.62. The van der Waals surface area contributed by atoms with Crippen LogP contribution < -0.4 is 15.2 Å². The van der Waals surface area contributed by atoms with E-state index < -0.39 is 28.0 Å². The molecular weight excluding hydrogens is 372 g/mol. The van der Waals surface area contributed by atoms with Gasteiger partial charge >= 0.3 is 5.97 Å². The molecule has 0 unspecified atom stereocenters. The molecule has 0 aromatic heterocycles. The molecule has 27 heavy (non-hydrogen) atoms. The fourth-order valence-electron chi connectivity index (χ4n) is 2.11. The molecule has 0 aliphatic carbocycles. The number of sulfonamides is 1. The lowest BCUT2D eigenvalue weighted by Gasteiger charge is -2.14. The van der Waals surface area contributed by atoms with Gasteiger partial charge in [-0.05, 0) is 62.4 Å². The highest BCUT2D eigenvalue weighted by atomic mass is 32.2. The van der Waals surface area contributed by atoms with Crippen LogP contribution >= 0.6 is 0 Å². The monoisotopic (exact) mass is 392 g/mol. The maximum Gasteiger partial charge on any atom is 0.338 e. The Hall–Kier alpha value is -2.91. The molecule has 0 heterocycles. The summed E-state index contributed by atoms with van der Waals surface area (Å²) in [4.78, 5) is 24.2. The highest BCUT2D eigenvalue weighted by Gasteiger charge is 2.19. The van der Waals surface area contributed by atoms with Crippen molar-refractivity contribution >= 4 is 27.6 Å². The maximum absolute atomic E-state index is 12.1. The van der Waals surface area contributed by atoms with Gasteiger partial charge in [0, 0.05) is 5.69 Å². The number of primary sulfonamides is 1. The molecule has 2 rings (SSSR count). The minimum Gasteiger partial charge on any atom is -0.494 e. The average molecular weight is 392 g/mol. The van der Waals surface area contributed by atoms with Crippen molar-refractivity contribution in [2.24, 2.45) is 5.14 Å². The van der Waals surface area contributed by atoms with Crippen molar-refractivity contribution in [3.05, 3.63) is 54.1 Å². The number of anilines is 1. The standard InChI is InChI=1S/C18H20N2O6S/c1-3-25-15-8-4-13(5-9-15)18(22)26-12(2)17(21)20-14-6-10-16(11-7-14)27(19,23)24/h4-12H,3H2,1-2H3,(H,20,21)(H2,19,23,24)/t12-/m1/s1. The van der Waals surface area contributed by atoms with Gasteiger partial charge in [0.25, 0.3) is 5.91 Å². The van der Waals surface area contributed by atoms with E-state index in [2.05, 4.69) is 5.32 Å².